The van der Waals surface area contributed by atoms with Gasteiger partial charge in [-0.15, -0.1) is 0 Å². The van der Waals surface area contributed by atoms with E-state index < -0.39 is 0 Å². The van der Waals surface area contributed by atoms with Gasteiger partial charge in [0.15, 0.2) is 0 Å². The van der Waals surface area contributed by atoms with Crippen LogP contribution in [-0.2, 0) is 0 Å². The van der Waals surface area contributed by atoms with Gasteiger partial charge in [-0.2, -0.15) is 0 Å². The average Bonchev–Trinajstić information content (AvgIpc) is 2.35. The maximum absolute atomic E-state index is 14.0. The second-order valence-electron chi connectivity index (χ2n) is 4.01. The lowest BCUT2D eigenvalue weighted by Crippen LogP contribution is -1.98. The molecule has 0 nitrogen and oxygen atoms in total. The first-order chi connectivity index (χ1) is 8.50. The van der Waals surface area contributed by atoms with E-state index in [4.69, 9.17) is 23.2 Å². The molecule has 0 bridgehead atoms. The Morgan fingerprint density at radius 2 is 1.83 bits per heavy atom. The molecule has 1 unspecified atom stereocenters. The van der Waals surface area contributed by atoms with E-state index in [1.807, 2.05) is 12.1 Å². The summed E-state index contributed by atoms with van der Waals surface area (Å²) in [5.74, 6) is -0.203. The van der Waals surface area contributed by atoms with Crippen molar-refractivity contribution in [3.8, 4) is 0 Å². The lowest BCUT2D eigenvalue weighted by Gasteiger charge is -2.13. The van der Waals surface area contributed by atoms with Crippen molar-refractivity contribution >= 4 is 39.1 Å². The van der Waals surface area contributed by atoms with E-state index >= 15 is 0 Å². The van der Waals surface area contributed by atoms with E-state index in [9.17, 15) is 4.39 Å². The molecule has 0 heterocycles. The molecule has 2 rings (SSSR count). The van der Waals surface area contributed by atoms with Gasteiger partial charge in [0, 0.05) is 5.56 Å². The van der Waals surface area contributed by atoms with E-state index in [-0.39, 0.29) is 10.6 Å². The van der Waals surface area contributed by atoms with Gasteiger partial charge in [-0.05, 0) is 30.2 Å². The van der Waals surface area contributed by atoms with Crippen LogP contribution in [0.1, 0.15) is 21.5 Å². The number of benzene rings is 2. The molecule has 0 N–H and O–H groups in total. The van der Waals surface area contributed by atoms with Crippen LogP contribution < -0.4 is 0 Å². The van der Waals surface area contributed by atoms with Crippen LogP contribution in [0.2, 0.25) is 10.0 Å². The predicted molar refractivity (Wildman–Crippen MR) is 78.4 cm³/mol. The van der Waals surface area contributed by atoms with Gasteiger partial charge in [0.25, 0.3) is 0 Å². The van der Waals surface area contributed by atoms with Gasteiger partial charge in [-0.1, -0.05) is 63.4 Å². The Hall–Kier alpha value is -0.570. The van der Waals surface area contributed by atoms with Crippen LogP contribution in [0.15, 0.2) is 36.4 Å². The number of halogens is 4. The highest BCUT2D eigenvalue weighted by Gasteiger charge is 2.16. The van der Waals surface area contributed by atoms with Crippen LogP contribution in [0.4, 0.5) is 4.39 Å². The molecule has 0 saturated carbocycles. The minimum Gasteiger partial charge on any atom is -0.206 e. The van der Waals surface area contributed by atoms with Crippen molar-refractivity contribution in [2.24, 2.45) is 0 Å². The molecule has 4 heteroatoms. The highest BCUT2D eigenvalue weighted by molar-refractivity contribution is 9.09. The van der Waals surface area contributed by atoms with Crippen LogP contribution >= 0.6 is 39.1 Å². The lowest BCUT2D eigenvalue weighted by molar-refractivity contribution is 0.604. The summed E-state index contributed by atoms with van der Waals surface area (Å²) in [6.07, 6.45) is 0. The lowest BCUT2D eigenvalue weighted by atomic mass is 10.0. The zero-order chi connectivity index (χ0) is 13.3. The van der Waals surface area contributed by atoms with Crippen LogP contribution in [-0.4, -0.2) is 0 Å². The number of alkyl halides is 1. The minimum atomic E-state index is -0.243. The third kappa shape index (κ3) is 2.71. The standard InChI is InChI=1S/C14H10BrCl2F/c1-8-3-2-4-10(14(8)18)13(15)9-5-6-11(16)12(17)7-9/h2-7,13H,1H3. The van der Waals surface area contributed by atoms with Crippen molar-refractivity contribution in [1.29, 1.82) is 0 Å². The molecule has 0 saturated heterocycles. The second kappa shape index (κ2) is 5.60. The maximum Gasteiger partial charge on any atom is 0.130 e. The summed E-state index contributed by atoms with van der Waals surface area (Å²) in [6, 6.07) is 10.6. The van der Waals surface area contributed by atoms with Gasteiger partial charge < -0.3 is 0 Å². The molecule has 0 aliphatic heterocycles. The summed E-state index contributed by atoms with van der Waals surface area (Å²) in [5.41, 5.74) is 2.08. The van der Waals surface area contributed by atoms with Gasteiger partial charge in [0.2, 0.25) is 0 Å². The van der Waals surface area contributed by atoms with Crippen LogP contribution in [0, 0.1) is 12.7 Å². The molecule has 0 spiro atoms. The summed E-state index contributed by atoms with van der Waals surface area (Å²) in [6.45, 7) is 1.74. The number of hydrogen-bond acceptors (Lipinski definition) is 0. The normalized spacial score (nSPS) is 12.5. The molecule has 2 aromatic rings. The number of rotatable bonds is 2. The molecule has 2 aromatic carbocycles. The number of aryl methyl sites for hydroxylation is 1. The second-order valence-corrected chi connectivity index (χ2v) is 5.74. The summed E-state index contributed by atoms with van der Waals surface area (Å²) in [7, 11) is 0. The fourth-order valence-corrected chi connectivity index (χ4v) is 2.66. The van der Waals surface area contributed by atoms with Crippen molar-refractivity contribution in [2.75, 3.05) is 0 Å². The summed E-state index contributed by atoms with van der Waals surface area (Å²) < 4.78 is 14.0. The van der Waals surface area contributed by atoms with Crippen molar-refractivity contribution < 1.29 is 4.39 Å². The molecule has 0 amide bonds. The number of hydrogen-bond donors (Lipinski definition) is 0. The van der Waals surface area contributed by atoms with Crippen molar-refractivity contribution in [3.63, 3.8) is 0 Å². The molecule has 18 heavy (non-hydrogen) atoms. The Kier molecular flexibility index (Phi) is 4.31. The summed E-state index contributed by atoms with van der Waals surface area (Å²) >= 11 is 15.3. The van der Waals surface area contributed by atoms with Crippen LogP contribution in [0.25, 0.3) is 0 Å². The maximum atomic E-state index is 14.0. The zero-order valence-electron chi connectivity index (χ0n) is 9.55. The van der Waals surface area contributed by atoms with E-state index in [1.165, 1.54) is 0 Å². The predicted octanol–water partition coefficient (Wildman–Crippen LogP) is 5.93. The van der Waals surface area contributed by atoms with Crippen LogP contribution in [0.3, 0.4) is 0 Å². The Bertz CT molecular complexity index is 584. The smallest absolute Gasteiger partial charge is 0.130 e. The monoisotopic (exact) mass is 346 g/mol. The van der Waals surface area contributed by atoms with Crippen molar-refractivity contribution in [1.82, 2.24) is 0 Å². The molecule has 0 aliphatic rings. The molecular weight excluding hydrogens is 338 g/mol. The quantitative estimate of drug-likeness (QED) is 0.591. The van der Waals surface area contributed by atoms with E-state index in [1.54, 1.807) is 31.2 Å². The van der Waals surface area contributed by atoms with E-state index in [0.29, 0.717) is 21.2 Å². The van der Waals surface area contributed by atoms with Gasteiger partial charge in [-0.3, -0.25) is 0 Å². The molecule has 94 valence electrons. The summed E-state index contributed by atoms with van der Waals surface area (Å²) in [4.78, 5) is -0.243. The third-order valence-electron chi connectivity index (χ3n) is 2.73. The Labute approximate surface area is 124 Å². The Morgan fingerprint density at radius 1 is 1.11 bits per heavy atom. The van der Waals surface area contributed by atoms with Crippen molar-refractivity contribution in [2.45, 2.75) is 11.8 Å². The summed E-state index contributed by atoms with van der Waals surface area (Å²) in [5, 5.41) is 0.955. The fraction of sp³-hybridized carbons (Fsp3) is 0.143. The Morgan fingerprint density at radius 3 is 2.50 bits per heavy atom. The molecule has 0 aliphatic carbocycles. The molecule has 0 fully saturated rings. The van der Waals surface area contributed by atoms with Gasteiger partial charge in [0.05, 0.1) is 14.9 Å². The molecule has 0 aromatic heterocycles. The molecular formula is C14H10BrCl2F. The highest BCUT2D eigenvalue weighted by atomic mass is 79.9. The highest BCUT2D eigenvalue weighted by Crippen LogP contribution is 2.35. The zero-order valence-corrected chi connectivity index (χ0v) is 12.7. The first kappa shape index (κ1) is 13.9. The SMILES string of the molecule is Cc1cccc(C(Br)c2ccc(Cl)c(Cl)c2)c1F. The first-order valence-corrected chi connectivity index (χ1v) is 7.02. The van der Waals surface area contributed by atoms with Gasteiger partial charge in [0.1, 0.15) is 5.82 Å². The topological polar surface area (TPSA) is 0 Å². The third-order valence-corrected chi connectivity index (χ3v) is 4.49. The minimum absolute atomic E-state index is 0.203. The van der Waals surface area contributed by atoms with E-state index in [0.717, 1.165) is 5.56 Å². The largest absolute Gasteiger partial charge is 0.206 e. The first-order valence-electron chi connectivity index (χ1n) is 5.34. The molecule has 0 radical (unpaired) electrons. The van der Waals surface area contributed by atoms with Crippen LogP contribution in [0.5, 0.6) is 0 Å². The average molecular weight is 348 g/mol. The van der Waals surface area contributed by atoms with E-state index in [2.05, 4.69) is 15.9 Å². The Balaban J connectivity index is 2.44. The van der Waals surface area contributed by atoms with Crippen molar-refractivity contribution in [3.05, 3.63) is 69.0 Å². The fourth-order valence-electron chi connectivity index (χ4n) is 1.72. The molecule has 1 atom stereocenters. The van der Waals surface area contributed by atoms with Gasteiger partial charge >= 0.3 is 0 Å². The van der Waals surface area contributed by atoms with Gasteiger partial charge in [-0.25, -0.2) is 4.39 Å².